The van der Waals surface area contributed by atoms with E-state index in [1.165, 1.54) is 0 Å². The van der Waals surface area contributed by atoms with Crippen LogP contribution < -0.4 is 5.32 Å². The molecule has 17 heavy (non-hydrogen) atoms. The summed E-state index contributed by atoms with van der Waals surface area (Å²) in [6.07, 6.45) is 2.16. The summed E-state index contributed by atoms with van der Waals surface area (Å²) in [5.41, 5.74) is 0. The number of hydrogen-bond donors (Lipinski definition) is 2. The summed E-state index contributed by atoms with van der Waals surface area (Å²) in [6, 6.07) is 0. The standard InChI is InChI=1S/C12H25N3O2/c1-2-3-4-13-12(17)11-15-7-5-14(6-8-15)9-10-16/h16H,2-11H2,1H3,(H,13,17). The van der Waals surface area contributed by atoms with Gasteiger partial charge < -0.3 is 10.4 Å². The highest BCUT2D eigenvalue weighted by Crippen LogP contribution is 2.00. The minimum Gasteiger partial charge on any atom is -0.395 e. The number of aliphatic hydroxyl groups excluding tert-OH is 1. The van der Waals surface area contributed by atoms with Crippen LogP contribution in [0.5, 0.6) is 0 Å². The molecule has 0 spiro atoms. The predicted molar refractivity (Wildman–Crippen MR) is 67.9 cm³/mol. The topological polar surface area (TPSA) is 55.8 Å². The summed E-state index contributed by atoms with van der Waals surface area (Å²) in [6.45, 7) is 8.12. The largest absolute Gasteiger partial charge is 0.395 e. The maximum absolute atomic E-state index is 11.6. The number of piperazine rings is 1. The molecule has 0 radical (unpaired) electrons. The molecule has 0 bridgehead atoms. The van der Waals surface area contributed by atoms with E-state index in [4.69, 9.17) is 5.11 Å². The number of amides is 1. The Labute approximate surface area is 104 Å². The number of rotatable bonds is 7. The number of aliphatic hydroxyl groups is 1. The van der Waals surface area contributed by atoms with E-state index in [0.29, 0.717) is 6.54 Å². The first-order valence-corrected chi connectivity index (χ1v) is 6.58. The van der Waals surface area contributed by atoms with Crippen molar-refractivity contribution in [3.63, 3.8) is 0 Å². The first kappa shape index (κ1) is 14.4. The lowest BCUT2D eigenvalue weighted by molar-refractivity contribution is -0.122. The molecule has 0 aromatic carbocycles. The van der Waals surface area contributed by atoms with Gasteiger partial charge in [-0.05, 0) is 6.42 Å². The maximum Gasteiger partial charge on any atom is 0.234 e. The zero-order valence-electron chi connectivity index (χ0n) is 10.8. The Morgan fingerprint density at radius 1 is 1.24 bits per heavy atom. The Hall–Kier alpha value is -0.650. The minimum atomic E-state index is 0.133. The smallest absolute Gasteiger partial charge is 0.234 e. The summed E-state index contributed by atoms with van der Waals surface area (Å²) in [7, 11) is 0. The first-order chi connectivity index (χ1) is 8.26. The van der Waals surface area contributed by atoms with Crippen molar-refractivity contribution in [2.75, 3.05) is 52.4 Å². The molecule has 100 valence electrons. The number of hydrogen-bond acceptors (Lipinski definition) is 4. The van der Waals surface area contributed by atoms with Crippen LogP contribution in [0.15, 0.2) is 0 Å². The van der Waals surface area contributed by atoms with Crippen molar-refractivity contribution in [1.82, 2.24) is 15.1 Å². The molecule has 1 aliphatic rings. The van der Waals surface area contributed by atoms with E-state index in [0.717, 1.165) is 52.1 Å². The van der Waals surface area contributed by atoms with Crippen molar-refractivity contribution in [3.05, 3.63) is 0 Å². The summed E-state index contributed by atoms with van der Waals surface area (Å²) in [5, 5.41) is 11.8. The first-order valence-electron chi connectivity index (χ1n) is 6.58. The highest BCUT2D eigenvalue weighted by atomic mass is 16.3. The monoisotopic (exact) mass is 243 g/mol. The molecule has 0 atom stereocenters. The van der Waals surface area contributed by atoms with Crippen molar-refractivity contribution >= 4 is 5.91 Å². The Balaban J connectivity index is 2.10. The van der Waals surface area contributed by atoms with Crippen molar-refractivity contribution in [1.29, 1.82) is 0 Å². The fourth-order valence-electron chi connectivity index (χ4n) is 1.98. The zero-order chi connectivity index (χ0) is 12.5. The van der Waals surface area contributed by atoms with Crippen LogP contribution in [0, 0.1) is 0 Å². The second kappa shape index (κ2) is 8.44. The molecule has 1 heterocycles. The van der Waals surface area contributed by atoms with Gasteiger partial charge >= 0.3 is 0 Å². The molecule has 1 aliphatic heterocycles. The van der Waals surface area contributed by atoms with Gasteiger partial charge in [-0.25, -0.2) is 0 Å². The van der Waals surface area contributed by atoms with Crippen molar-refractivity contribution in [3.8, 4) is 0 Å². The Morgan fingerprint density at radius 2 is 1.88 bits per heavy atom. The predicted octanol–water partition coefficient (Wildman–Crippen LogP) is -0.487. The van der Waals surface area contributed by atoms with Gasteiger partial charge in [0.25, 0.3) is 0 Å². The van der Waals surface area contributed by atoms with Gasteiger partial charge in [0.1, 0.15) is 0 Å². The molecule has 1 amide bonds. The van der Waals surface area contributed by atoms with E-state index in [1.54, 1.807) is 0 Å². The Morgan fingerprint density at radius 3 is 2.47 bits per heavy atom. The van der Waals surface area contributed by atoms with Crippen LogP contribution in [0.3, 0.4) is 0 Å². The average molecular weight is 243 g/mol. The van der Waals surface area contributed by atoms with Crippen LogP contribution in [0.2, 0.25) is 0 Å². The van der Waals surface area contributed by atoms with E-state index < -0.39 is 0 Å². The number of nitrogens with zero attached hydrogens (tertiary/aromatic N) is 2. The van der Waals surface area contributed by atoms with Crippen LogP contribution in [0.4, 0.5) is 0 Å². The van der Waals surface area contributed by atoms with Gasteiger partial charge in [0.05, 0.1) is 13.2 Å². The van der Waals surface area contributed by atoms with Crippen molar-refractivity contribution < 1.29 is 9.90 Å². The highest BCUT2D eigenvalue weighted by Gasteiger charge is 2.17. The Bertz CT molecular complexity index is 216. The molecule has 5 nitrogen and oxygen atoms in total. The summed E-state index contributed by atoms with van der Waals surface area (Å²) in [4.78, 5) is 16.0. The fraction of sp³-hybridized carbons (Fsp3) is 0.917. The lowest BCUT2D eigenvalue weighted by Crippen LogP contribution is -2.50. The molecule has 1 saturated heterocycles. The molecule has 1 fully saturated rings. The van der Waals surface area contributed by atoms with Crippen LogP contribution in [0.1, 0.15) is 19.8 Å². The van der Waals surface area contributed by atoms with Gasteiger partial charge in [0.2, 0.25) is 5.91 Å². The van der Waals surface area contributed by atoms with Crippen molar-refractivity contribution in [2.24, 2.45) is 0 Å². The van der Waals surface area contributed by atoms with E-state index >= 15 is 0 Å². The molecular formula is C12H25N3O2. The molecule has 0 unspecified atom stereocenters. The van der Waals surface area contributed by atoms with Gasteiger partial charge in [0, 0.05) is 39.3 Å². The third-order valence-corrected chi connectivity index (χ3v) is 3.10. The zero-order valence-corrected chi connectivity index (χ0v) is 10.8. The Kier molecular flexibility index (Phi) is 7.16. The van der Waals surface area contributed by atoms with Crippen LogP contribution in [-0.4, -0.2) is 73.2 Å². The highest BCUT2D eigenvalue weighted by molar-refractivity contribution is 5.77. The lowest BCUT2D eigenvalue weighted by atomic mass is 10.3. The third kappa shape index (κ3) is 6.00. The van der Waals surface area contributed by atoms with Gasteiger partial charge in [0.15, 0.2) is 0 Å². The van der Waals surface area contributed by atoms with Crippen LogP contribution in [0.25, 0.3) is 0 Å². The number of carbonyl (C=O) groups excluding carboxylic acids is 1. The van der Waals surface area contributed by atoms with E-state index in [2.05, 4.69) is 22.0 Å². The number of carbonyl (C=O) groups is 1. The average Bonchev–Trinajstić information content (AvgIpc) is 2.32. The SMILES string of the molecule is CCCCNC(=O)CN1CCN(CCO)CC1. The lowest BCUT2D eigenvalue weighted by Gasteiger charge is -2.33. The fourth-order valence-corrected chi connectivity index (χ4v) is 1.98. The van der Waals surface area contributed by atoms with Crippen LogP contribution >= 0.6 is 0 Å². The third-order valence-electron chi connectivity index (χ3n) is 3.10. The summed E-state index contributed by atoms with van der Waals surface area (Å²) in [5.74, 6) is 0.133. The van der Waals surface area contributed by atoms with E-state index in [9.17, 15) is 4.79 Å². The molecule has 2 N–H and O–H groups in total. The summed E-state index contributed by atoms with van der Waals surface area (Å²) < 4.78 is 0. The quantitative estimate of drug-likeness (QED) is 0.593. The van der Waals surface area contributed by atoms with Crippen LogP contribution in [-0.2, 0) is 4.79 Å². The molecular weight excluding hydrogens is 218 g/mol. The van der Waals surface area contributed by atoms with Gasteiger partial charge in [-0.1, -0.05) is 13.3 Å². The number of unbranched alkanes of at least 4 members (excludes halogenated alkanes) is 1. The molecule has 0 aromatic rings. The van der Waals surface area contributed by atoms with Gasteiger partial charge in [-0.15, -0.1) is 0 Å². The molecule has 1 rings (SSSR count). The van der Waals surface area contributed by atoms with Gasteiger partial charge in [-0.3, -0.25) is 14.6 Å². The summed E-state index contributed by atoms with van der Waals surface area (Å²) >= 11 is 0. The van der Waals surface area contributed by atoms with Crippen molar-refractivity contribution in [2.45, 2.75) is 19.8 Å². The molecule has 0 saturated carbocycles. The second-order valence-corrected chi connectivity index (χ2v) is 4.54. The second-order valence-electron chi connectivity index (χ2n) is 4.54. The van der Waals surface area contributed by atoms with E-state index in [1.807, 2.05) is 0 Å². The normalized spacial score (nSPS) is 18.2. The number of β-amino-alcohol motifs (C(OH)–C–C–N with tert-alkyl or cyclic N) is 1. The van der Waals surface area contributed by atoms with E-state index in [-0.39, 0.29) is 12.5 Å². The molecule has 0 aliphatic carbocycles. The molecule has 5 heteroatoms. The maximum atomic E-state index is 11.6. The molecule has 0 aromatic heterocycles. The van der Waals surface area contributed by atoms with Gasteiger partial charge in [-0.2, -0.15) is 0 Å². The number of nitrogens with one attached hydrogen (secondary N) is 1. The minimum absolute atomic E-state index is 0.133.